The van der Waals surface area contributed by atoms with Crippen molar-refractivity contribution in [2.45, 2.75) is 12.8 Å². The Bertz CT molecular complexity index is 1120. The Morgan fingerprint density at radius 2 is 1.68 bits per heavy atom. The zero-order chi connectivity index (χ0) is 19.3. The molecule has 0 spiro atoms. The summed E-state index contributed by atoms with van der Waals surface area (Å²) in [5.74, 6) is -0.251. The number of tetrazole rings is 1. The lowest BCUT2D eigenvalue weighted by Gasteiger charge is -2.07. The first-order valence-electron chi connectivity index (χ1n) is 8.84. The van der Waals surface area contributed by atoms with Crippen LogP contribution >= 0.6 is 0 Å². The van der Waals surface area contributed by atoms with E-state index in [9.17, 15) is 9.59 Å². The van der Waals surface area contributed by atoms with Crippen LogP contribution in [0.5, 0.6) is 0 Å². The molecule has 0 unspecified atom stereocenters. The summed E-state index contributed by atoms with van der Waals surface area (Å²) in [5.41, 5.74) is 2.06. The zero-order valence-corrected chi connectivity index (χ0v) is 14.9. The summed E-state index contributed by atoms with van der Waals surface area (Å²) < 4.78 is 1.52. The molecule has 1 N–H and O–H groups in total. The molecule has 0 aliphatic rings. The standard InChI is InChI=1S/C21H17N5O2/c27-20(17-6-5-15-3-1-2-4-16(15)13-17)11-12-21(28)23-18-7-9-19(10-8-18)26-14-22-24-25-26/h1-10,13-14H,11-12H2,(H,23,28). The lowest BCUT2D eigenvalue weighted by Crippen LogP contribution is -2.13. The zero-order valence-electron chi connectivity index (χ0n) is 14.9. The molecule has 0 aliphatic heterocycles. The Kier molecular flexibility index (Phi) is 4.88. The predicted octanol–water partition coefficient (Wildman–Crippen LogP) is 3.42. The van der Waals surface area contributed by atoms with Crippen LogP contribution in [0.3, 0.4) is 0 Å². The number of nitrogens with zero attached hydrogens (tertiary/aromatic N) is 4. The van der Waals surface area contributed by atoms with Crippen molar-refractivity contribution in [2.75, 3.05) is 5.32 Å². The van der Waals surface area contributed by atoms with Gasteiger partial charge in [-0.3, -0.25) is 9.59 Å². The Morgan fingerprint density at radius 1 is 0.893 bits per heavy atom. The molecule has 4 rings (SSSR count). The number of hydrogen-bond donors (Lipinski definition) is 1. The van der Waals surface area contributed by atoms with E-state index in [1.165, 1.54) is 11.0 Å². The largest absolute Gasteiger partial charge is 0.326 e. The molecule has 28 heavy (non-hydrogen) atoms. The average Bonchev–Trinajstić information content (AvgIpc) is 3.27. The summed E-state index contributed by atoms with van der Waals surface area (Å²) >= 11 is 0. The second kappa shape index (κ2) is 7.79. The minimum absolute atomic E-state index is 0.0464. The van der Waals surface area contributed by atoms with Gasteiger partial charge in [-0.2, -0.15) is 0 Å². The van der Waals surface area contributed by atoms with Crippen LogP contribution in [0.25, 0.3) is 16.5 Å². The highest BCUT2D eigenvalue weighted by Gasteiger charge is 2.10. The molecule has 1 amide bonds. The number of rotatable bonds is 6. The van der Waals surface area contributed by atoms with Crippen LogP contribution < -0.4 is 5.32 Å². The first-order chi connectivity index (χ1) is 13.7. The fraction of sp³-hybridized carbons (Fsp3) is 0.0952. The van der Waals surface area contributed by atoms with Crippen molar-refractivity contribution in [3.05, 3.63) is 78.6 Å². The molecule has 7 heteroatoms. The van der Waals surface area contributed by atoms with Crippen molar-refractivity contribution in [2.24, 2.45) is 0 Å². The molecule has 3 aromatic carbocycles. The van der Waals surface area contributed by atoms with Gasteiger partial charge in [-0.05, 0) is 51.5 Å². The lowest BCUT2D eigenvalue weighted by atomic mass is 10.0. The van der Waals surface area contributed by atoms with Crippen LogP contribution in [0.2, 0.25) is 0 Å². The Morgan fingerprint density at radius 3 is 2.43 bits per heavy atom. The molecule has 7 nitrogen and oxygen atoms in total. The third-order valence-corrected chi connectivity index (χ3v) is 4.42. The number of fused-ring (bicyclic) bond motifs is 1. The number of Topliss-reactive ketones (excluding diaryl/α,β-unsaturated/α-hetero) is 1. The van der Waals surface area contributed by atoms with Gasteiger partial charge in [-0.25, -0.2) is 4.68 Å². The SMILES string of the molecule is O=C(CCC(=O)c1ccc2ccccc2c1)Nc1ccc(-n2cnnn2)cc1. The Labute approximate surface area is 161 Å². The molecule has 1 heterocycles. The molecule has 0 fully saturated rings. The normalized spacial score (nSPS) is 10.7. The fourth-order valence-electron chi connectivity index (χ4n) is 2.93. The summed E-state index contributed by atoms with van der Waals surface area (Å²) in [6, 6.07) is 20.6. The van der Waals surface area contributed by atoms with E-state index in [4.69, 9.17) is 0 Å². The van der Waals surface area contributed by atoms with E-state index < -0.39 is 0 Å². The first kappa shape index (κ1) is 17.5. The number of anilines is 1. The van der Waals surface area contributed by atoms with Gasteiger partial charge in [0.15, 0.2) is 5.78 Å². The molecular formula is C21H17N5O2. The number of amides is 1. The molecule has 0 atom stereocenters. The Hall–Kier alpha value is -3.87. The van der Waals surface area contributed by atoms with Crippen LogP contribution in [0.1, 0.15) is 23.2 Å². The third-order valence-electron chi connectivity index (χ3n) is 4.42. The van der Waals surface area contributed by atoms with Gasteiger partial charge in [0, 0.05) is 24.1 Å². The third kappa shape index (κ3) is 3.93. The maximum absolute atomic E-state index is 12.4. The van der Waals surface area contributed by atoms with Gasteiger partial charge in [0.05, 0.1) is 5.69 Å². The van der Waals surface area contributed by atoms with E-state index in [0.29, 0.717) is 11.3 Å². The van der Waals surface area contributed by atoms with Crippen LogP contribution in [0, 0.1) is 0 Å². The maximum atomic E-state index is 12.4. The second-order valence-corrected chi connectivity index (χ2v) is 6.33. The number of hydrogen-bond acceptors (Lipinski definition) is 5. The van der Waals surface area contributed by atoms with Gasteiger partial charge in [0.1, 0.15) is 6.33 Å². The van der Waals surface area contributed by atoms with E-state index in [0.717, 1.165) is 16.5 Å². The topological polar surface area (TPSA) is 89.8 Å². The molecule has 4 aromatic rings. The molecule has 0 saturated carbocycles. The Balaban J connectivity index is 1.34. The molecule has 0 aliphatic carbocycles. The highest BCUT2D eigenvalue weighted by atomic mass is 16.2. The molecule has 0 radical (unpaired) electrons. The van der Waals surface area contributed by atoms with E-state index in [1.807, 2.05) is 36.4 Å². The van der Waals surface area contributed by atoms with Gasteiger partial charge in [0.25, 0.3) is 0 Å². The van der Waals surface area contributed by atoms with Crippen molar-refractivity contribution < 1.29 is 9.59 Å². The van der Waals surface area contributed by atoms with Gasteiger partial charge in [-0.15, -0.1) is 5.10 Å². The van der Waals surface area contributed by atoms with E-state index in [1.54, 1.807) is 30.3 Å². The van der Waals surface area contributed by atoms with Gasteiger partial charge in [0.2, 0.25) is 5.91 Å². The maximum Gasteiger partial charge on any atom is 0.224 e. The van der Waals surface area contributed by atoms with Gasteiger partial charge < -0.3 is 5.32 Å². The molecule has 0 saturated heterocycles. The van der Waals surface area contributed by atoms with Crippen LogP contribution in [-0.4, -0.2) is 31.9 Å². The van der Waals surface area contributed by atoms with Crippen molar-refractivity contribution >= 4 is 28.2 Å². The number of benzene rings is 3. The van der Waals surface area contributed by atoms with Crippen LogP contribution in [-0.2, 0) is 4.79 Å². The van der Waals surface area contributed by atoms with Crippen LogP contribution in [0.15, 0.2) is 73.1 Å². The summed E-state index contributed by atoms with van der Waals surface area (Å²) in [5, 5.41) is 15.9. The number of carbonyl (C=O) groups is 2. The minimum atomic E-state index is -0.204. The summed E-state index contributed by atoms with van der Waals surface area (Å²) in [6.07, 6.45) is 1.78. The van der Waals surface area contributed by atoms with E-state index in [2.05, 4.69) is 20.8 Å². The number of ketones is 1. The van der Waals surface area contributed by atoms with E-state index in [-0.39, 0.29) is 24.5 Å². The quantitative estimate of drug-likeness (QED) is 0.525. The van der Waals surface area contributed by atoms with Crippen LogP contribution in [0.4, 0.5) is 5.69 Å². The van der Waals surface area contributed by atoms with Crippen molar-refractivity contribution in [1.29, 1.82) is 0 Å². The van der Waals surface area contributed by atoms with Crippen molar-refractivity contribution in [3.63, 3.8) is 0 Å². The molecule has 1 aromatic heterocycles. The second-order valence-electron chi connectivity index (χ2n) is 6.33. The smallest absolute Gasteiger partial charge is 0.224 e. The highest BCUT2D eigenvalue weighted by molar-refractivity contribution is 6.02. The predicted molar refractivity (Wildman–Crippen MR) is 105 cm³/mol. The lowest BCUT2D eigenvalue weighted by molar-refractivity contribution is -0.116. The fourth-order valence-corrected chi connectivity index (χ4v) is 2.93. The monoisotopic (exact) mass is 371 g/mol. The molecule has 138 valence electrons. The van der Waals surface area contributed by atoms with E-state index >= 15 is 0 Å². The van der Waals surface area contributed by atoms with Gasteiger partial charge >= 0.3 is 0 Å². The molecule has 0 bridgehead atoms. The average molecular weight is 371 g/mol. The van der Waals surface area contributed by atoms with Gasteiger partial charge in [-0.1, -0.05) is 36.4 Å². The minimum Gasteiger partial charge on any atom is -0.326 e. The first-order valence-corrected chi connectivity index (χ1v) is 8.84. The summed E-state index contributed by atoms with van der Waals surface area (Å²) in [6.45, 7) is 0. The number of nitrogens with one attached hydrogen (secondary N) is 1. The van der Waals surface area contributed by atoms with Crippen molar-refractivity contribution in [3.8, 4) is 5.69 Å². The van der Waals surface area contributed by atoms with Crippen molar-refractivity contribution in [1.82, 2.24) is 20.2 Å². The molecular weight excluding hydrogens is 354 g/mol. The number of aromatic nitrogens is 4. The number of carbonyl (C=O) groups excluding carboxylic acids is 2. The highest BCUT2D eigenvalue weighted by Crippen LogP contribution is 2.17. The summed E-state index contributed by atoms with van der Waals surface area (Å²) in [4.78, 5) is 24.6. The summed E-state index contributed by atoms with van der Waals surface area (Å²) in [7, 11) is 0.